The van der Waals surface area contributed by atoms with Crippen LogP contribution in [-0.4, -0.2) is 66.6 Å². The molecule has 2 aromatic carbocycles. The van der Waals surface area contributed by atoms with E-state index in [4.69, 9.17) is 20.2 Å². The molecule has 8 heteroatoms. The molecule has 2 aromatic rings. The number of aliphatic imine (C=N–C) groups is 1. The van der Waals surface area contributed by atoms with Crippen LogP contribution >= 0.6 is 0 Å². The van der Waals surface area contributed by atoms with E-state index in [1.807, 2.05) is 30.3 Å². The summed E-state index contributed by atoms with van der Waals surface area (Å²) in [4.78, 5) is 21.8. The Labute approximate surface area is 207 Å². The lowest BCUT2D eigenvalue weighted by atomic mass is 9.92. The average Bonchev–Trinajstić information content (AvgIpc) is 3.34. The van der Waals surface area contributed by atoms with Gasteiger partial charge < -0.3 is 25.4 Å². The van der Waals surface area contributed by atoms with E-state index in [1.165, 1.54) is 5.56 Å². The van der Waals surface area contributed by atoms with Crippen molar-refractivity contribution in [3.05, 3.63) is 53.6 Å². The maximum atomic E-state index is 11.9. The van der Waals surface area contributed by atoms with Crippen molar-refractivity contribution >= 4 is 17.4 Å². The van der Waals surface area contributed by atoms with Gasteiger partial charge >= 0.3 is 0 Å². The number of benzene rings is 2. The van der Waals surface area contributed by atoms with Gasteiger partial charge in [-0.2, -0.15) is 0 Å². The van der Waals surface area contributed by atoms with Crippen LogP contribution in [0.4, 0.5) is 5.69 Å². The number of carbonyl (C=O) groups excluding carboxylic acids is 1. The molecule has 0 unspecified atom stereocenters. The van der Waals surface area contributed by atoms with Gasteiger partial charge in [0.2, 0.25) is 6.79 Å². The first-order valence-corrected chi connectivity index (χ1v) is 12.6. The smallest absolute Gasteiger partial charge is 0.231 e. The Kier molecular flexibility index (Phi) is 7.20. The zero-order chi connectivity index (χ0) is 24.2. The van der Waals surface area contributed by atoms with Crippen LogP contribution in [0, 0.1) is 0 Å². The number of rotatable bonds is 5. The maximum absolute atomic E-state index is 11.9. The second-order valence-corrected chi connectivity index (χ2v) is 9.73. The summed E-state index contributed by atoms with van der Waals surface area (Å²) in [7, 11) is 0. The van der Waals surface area contributed by atoms with E-state index in [0.29, 0.717) is 18.4 Å². The molecule has 5 rings (SSSR count). The number of anilines is 1. The largest absolute Gasteiger partial charge is 0.454 e. The Morgan fingerprint density at radius 2 is 1.80 bits per heavy atom. The number of nitrogens with zero attached hydrogens (tertiary/aromatic N) is 3. The molecule has 1 saturated carbocycles. The second-order valence-electron chi connectivity index (χ2n) is 9.73. The molecule has 186 valence electrons. The second kappa shape index (κ2) is 10.7. The standard InChI is InChI=1S/C27H35N5O3/c1-19(33)21-3-2-4-24(16-21)30-27(29-23-8-6-22(28)7-9-23)32-13-11-31(12-14-32)17-20-5-10-25-26(15-20)35-18-34-25/h2-5,10,15-16,22-23H,6-9,11-14,17-18,28H2,1H3,(H,29,30). The number of ether oxygens (including phenoxy) is 2. The van der Waals surface area contributed by atoms with Crippen molar-refractivity contribution in [2.75, 3.05) is 38.3 Å². The molecule has 3 N–H and O–H groups in total. The molecule has 8 nitrogen and oxygen atoms in total. The first-order valence-electron chi connectivity index (χ1n) is 12.6. The average molecular weight is 478 g/mol. The fourth-order valence-corrected chi connectivity index (χ4v) is 4.96. The molecule has 0 spiro atoms. The van der Waals surface area contributed by atoms with Gasteiger partial charge in [0, 0.05) is 50.0 Å². The van der Waals surface area contributed by atoms with E-state index in [-0.39, 0.29) is 11.8 Å². The van der Waals surface area contributed by atoms with E-state index in [2.05, 4.69) is 27.2 Å². The van der Waals surface area contributed by atoms with E-state index in [0.717, 1.165) is 81.6 Å². The lowest BCUT2D eigenvalue weighted by molar-refractivity contribution is 0.101. The van der Waals surface area contributed by atoms with Crippen molar-refractivity contribution in [2.24, 2.45) is 10.7 Å². The van der Waals surface area contributed by atoms with Gasteiger partial charge in [-0.3, -0.25) is 9.69 Å². The normalized spacial score (nSPS) is 22.8. The first kappa shape index (κ1) is 23.6. The summed E-state index contributed by atoms with van der Waals surface area (Å²) in [6.07, 6.45) is 4.07. The van der Waals surface area contributed by atoms with E-state index in [1.54, 1.807) is 6.92 Å². The number of guanidine groups is 1. The highest BCUT2D eigenvalue weighted by Crippen LogP contribution is 2.33. The van der Waals surface area contributed by atoms with Gasteiger partial charge in [-0.1, -0.05) is 18.2 Å². The molecule has 0 aromatic heterocycles. The van der Waals surface area contributed by atoms with Crippen LogP contribution in [0.15, 0.2) is 47.5 Å². The van der Waals surface area contributed by atoms with Crippen LogP contribution in [0.25, 0.3) is 0 Å². The van der Waals surface area contributed by atoms with Crippen molar-refractivity contribution in [1.82, 2.24) is 9.80 Å². The fraction of sp³-hybridized carbons (Fsp3) is 0.481. The molecule has 2 heterocycles. The number of piperazine rings is 1. The zero-order valence-corrected chi connectivity index (χ0v) is 20.4. The molecule has 2 aliphatic heterocycles. The van der Waals surface area contributed by atoms with Gasteiger partial charge in [0.15, 0.2) is 23.2 Å². The summed E-state index contributed by atoms with van der Waals surface area (Å²) in [6.45, 7) is 6.43. The van der Waals surface area contributed by atoms with Crippen LogP contribution < -0.4 is 20.5 Å². The Hall–Kier alpha value is -3.10. The summed E-state index contributed by atoms with van der Waals surface area (Å²) < 4.78 is 11.0. The number of Topliss-reactive ketones (excluding diaryl/α,β-unsaturated/α-hetero) is 1. The van der Waals surface area contributed by atoms with Crippen molar-refractivity contribution in [1.29, 1.82) is 0 Å². The highest BCUT2D eigenvalue weighted by Gasteiger charge is 2.24. The summed E-state index contributed by atoms with van der Waals surface area (Å²) in [5.41, 5.74) is 8.95. The molecular formula is C27H35N5O3. The number of nitrogens with two attached hydrogens (primary N) is 1. The third-order valence-corrected chi connectivity index (χ3v) is 7.09. The van der Waals surface area contributed by atoms with Crippen LogP contribution in [0.3, 0.4) is 0 Å². The monoisotopic (exact) mass is 477 g/mol. The molecule has 2 fully saturated rings. The topological polar surface area (TPSA) is 92.4 Å². The van der Waals surface area contributed by atoms with Gasteiger partial charge in [0.1, 0.15) is 0 Å². The molecule has 0 radical (unpaired) electrons. The number of fused-ring (bicyclic) bond motifs is 1. The number of nitrogens with one attached hydrogen (secondary N) is 1. The Balaban J connectivity index is 1.26. The van der Waals surface area contributed by atoms with Crippen molar-refractivity contribution in [2.45, 2.75) is 51.2 Å². The number of ketones is 1. The summed E-state index contributed by atoms with van der Waals surface area (Å²) >= 11 is 0. The third-order valence-electron chi connectivity index (χ3n) is 7.09. The van der Waals surface area contributed by atoms with Crippen LogP contribution in [0.2, 0.25) is 0 Å². The van der Waals surface area contributed by atoms with Crippen molar-refractivity contribution in [3.63, 3.8) is 0 Å². The Morgan fingerprint density at radius 1 is 1.03 bits per heavy atom. The van der Waals surface area contributed by atoms with E-state index < -0.39 is 0 Å². The molecular weight excluding hydrogens is 442 g/mol. The molecule has 1 aliphatic carbocycles. The predicted octanol–water partition coefficient (Wildman–Crippen LogP) is 3.47. The fourth-order valence-electron chi connectivity index (χ4n) is 4.96. The van der Waals surface area contributed by atoms with Gasteiger partial charge in [0.05, 0.1) is 6.04 Å². The molecule has 0 bridgehead atoms. The molecule has 35 heavy (non-hydrogen) atoms. The van der Waals surface area contributed by atoms with Gasteiger partial charge in [-0.25, -0.2) is 4.99 Å². The van der Waals surface area contributed by atoms with Gasteiger partial charge in [-0.05, 0) is 62.4 Å². The molecule has 3 aliphatic rings. The molecule has 1 saturated heterocycles. The Bertz CT molecular complexity index is 1070. The summed E-state index contributed by atoms with van der Waals surface area (Å²) in [5, 5.41) is 3.54. The predicted molar refractivity (Wildman–Crippen MR) is 137 cm³/mol. The Morgan fingerprint density at radius 3 is 2.57 bits per heavy atom. The summed E-state index contributed by atoms with van der Waals surface area (Å²) in [6, 6.07) is 14.4. The number of hydrogen-bond acceptors (Lipinski definition) is 6. The zero-order valence-electron chi connectivity index (χ0n) is 20.4. The minimum atomic E-state index is 0.0607. The highest BCUT2D eigenvalue weighted by molar-refractivity contribution is 5.98. The third kappa shape index (κ3) is 5.94. The minimum Gasteiger partial charge on any atom is -0.454 e. The molecule has 0 amide bonds. The molecule has 0 atom stereocenters. The lowest BCUT2D eigenvalue weighted by Crippen LogP contribution is -2.50. The quantitative estimate of drug-likeness (QED) is 0.387. The minimum absolute atomic E-state index is 0.0607. The van der Waals surface area contributed by atoms with Crippen molar-refractivity contribution in [3.8, 4) is 11.5 Å². The van der Waals surface area contributed by atoms with Gasteiger partial charge in [-0.15, -0.1) is 0 Å². The maximum Gasteiger partial charge on any atom is 0.231 e. The van der Waals surface area contributed by atoms with Gasteiger partial charge in [0.25, 0.3) is 0 Å². The summed E-state index contributed by atoms with van der Waals surface area (Å²) in [5.74, 6) is 2.61. The number of carbonyl (C=O) groups is 1. The van der Waals surface area contributed by atoms with Crippen molar-refractivity contribution < 1.29 is 14.3 Å². The SMILES string of the molecule is CC(=O)c1cccc(NC(=NC2CCC(N)CC2)N2CCN(Cc3ccc4c(c3)OCO4)CC2)c1. The van der Waals surface area contributed by atoms with E-state index in [9.17, 15) is 4.79 Å². The van der Waals surface area contributed by atoms with Crippen LogP contribution in [0.1, 0.15) is 48.5 Å². The van der Waals surface area contributed by atoms with Crippen LogP contribution in [0.5, 0.6) is 11.5 Å². The number of hydrogen-bond donors (Lipinski definition) is 2. The lowest BCUT2D eigenvalue weighted by Gasteiger charge is -2.37. The van der Waals surface area contributed by atoms with Crippen LogP contribution in [-0.2, 0) is 6.54 Å². The first-order chi connectivity index (χ1) is 17.0. The highest BCUT2D eigenvalue weighted by atomic mass is 16.7. The van der Waals surface area contributed by atoms with E-state index >= 15 is 0 Å².